The molecule has 0 unspecified atom stereocenters. The molecule has 5 nitrogen and oxygen atoms in total. The van der Waals surface area contributed by atoms with Gasteiger partial charge in [0.25, 0.3) is 0 Å². The number of para-hydroxylation sites is 1. The highest BCUT2D eigenvalue weighted by Gasteiger charge is 2.36. The molecule has 0 bridgehead atoms. The summed E-state index contributed by atoms with van der Waals surface area (Å²) in [6, 6.07) is 8.15. The highest BCUT2D eigenvalue weighted by Crippen LogP contribution is 2.33. The fraction of sp³-hybridized carbons (Fsp3) is 0.556. The first kappa shape index (κ1) is 15.8. The first-order valence-corrected chi connectivity index (χ1v) is 8.23. The highest BCUT2D eigenvalue weighted by molar-refractivity contribution is 6.01. The molecule has 2 aliphatic rings. The van der Waals surface area contributed by atoms with Crippen molar-refractivity contribution in [1.29, 1.82) is 0 Å². The summed E-state index contributed by atoms with van der Waals surface area (Å²) in [4.78, 5) is 28.2. The van der Waals surface area contributed by atoms with Gasteiger partial charge in [-0.1, -0.05) is 18.2 Å². The summed E-state index contributed by atoms with van der Waals surface area (Å²) in [7, 11) is 0. The Bertz CT molecular complexity index is 613. The van der Waals surface area contributed by atoms with Crippen molar-refractivity contribution in [3.63, 3.8) is 0 Å². The van der Waals surface area contributed by atoms with Gasteiger partial charge < -0.3 is 14.5 Å². The normalized spacial score (nSPS) is 19.0. The van der Waals surface area contributed by atoms with Gasteiger partial charge in [-0.05, 0) is 45.2 Å². The van der Waals surface area contributed by atoms with Crippen LogP contribution in [0.2, 0.25) is 0 Å². The van der Waals surface area contributed by atoms with Crippen LogP contribution in [0.25, 0.3) is 0 Å². The summed E-state index contributed by atoms with van der Waals surface area (Å²) in [6.07, 6.45) is 1.81. The summed E-state index contributed by atoms with van der Waals surface area (Å²) >= 11 is 0. The summed E-state index contributed by atoms with van der Waals surface area (Å²) in [5.41, 5.74) is 1.66. The van der Waals surface area contributed by atoms with Crippen LogP contribution in [0.4, 0.5) is 10.5 Å². The van der Waals surface area contributed by atoms with Crippen LogP contribution in [-0.4, -0.2) is 41.6 Å². The van der Waals surface area contributed by atoms with Crippen molar-refractivity contribution in [2.75, 3.05) is 18.0 Å². The van der Waals surface area contributed by atoms with E-state index in [0.717, 1.165) is 24.1 Å². The summed E-state index contributed by atoms with van der Waals surface area (Å²) in [5, 5.41) is 0. The van der Waals surface area contributed by atoms with Gasteiger partial charge in [-0.2, -0.15) is 0 Å². The largest absolute Gasteiger partial charge is 0.444 e. The van der Waals surface area contributed by atoms with Crippen LogP contribution in [0, 0.1) is 0 Å². The Morgan fingerprint density at radius 2 is 1.83 bits per heavy atom. The maximum absolute atomic E-state index is 12.4. The van der Waals surface area contributed by atoms with Crippen LogP contribution < -0.4 is 4.90 Å². The minimum Gasteiger partial charge on any atom is -0.444 e. The average Bonchev–Trinajstić information content (AvgIpc) is 2.81. The van der Waals surface area contributed by atoms with Crippen molar-refractivity contribution < 1.29 is 14.3 Å². The molecule has 1 aromatic carbocycles. The van der Waals surface area contributed by atoms with Gasteiger partial charge in [0.15, 0.2) is 0 Å². The first-order chi connectivity index (χ1) is 10.8. The van der Waals surface area contributed by atoms with E-state index in [1.807, 2.05) is 49.9 Å². The standard InChI is InChI=1S/C18H24N2O3/c1-18(2,3)23-17(22)19-10-8-14(9-11-19)20-15-7-5-4-6-13(15)12-16(20)21/h4-7,14H,8-12H2,1-3H3. The molecule has 23 heavy (non-hydrogen) atoms. The van der Waals surface area contributed by atoms with E-state index < -0.39 is 5.60 Å². The number of fused-ring (bicyclic) bond motifs is 1. The number of ether oxygens (including phenoxy) is 1. The molecule has 0 radical (unpaired) electrons. The van der Waals surface area contributed by atoms with Gasteiger partial charge in [-0.25, -0.2) is 4.79 Å². The van der Waals surface area contributed by atoms with Gasteiger partial charge in [0, 0.05) is 24.8 Å². The fourth-order valence-corrected chi connectivity index (χ4v) is 3.31. The monoisotopic (exact) mass is 316 g/mol. The molecule has 5 heteroatoms. The molecular formula is C18H24N2O3. The minimum atomic E-state index is -0.474. The van der Waals surface area contributed by atoms with Gasteiger partial charge in [0.1, 0.15) is 5.60 Å². The van der Waals surface area contributed by atoms with E-state index in [0.29, 0.717) is 19.5 Å². The quantitative estimate of drug-likeness (QED) is 0.800. The first-order valence-electron chi connectivity index (χ1n) is 8.23. The molecule has 3 rings (SSSR count). The zero-order valence-corrected chi connectivity index (χ0v) is 14.0. The van der Waals surface area contributed by atoms with Crippen molar-refractivity contribution in [3.8, 4) is 0 Å². The van der Waals surface area contributed by atoms with Gasteiger partial charge in [-0.3, -0.25) is 4.79 Å². The molecule has 0 atom stereocenters. The summed E-state index contributed by atoms with van der Waals surface area (Å²) < 4.78 is 5.42. The molecule has 1 aromatic rings. The zero-order chi connectivity index (χ0) is 16.6. The number of rotatable bonds is 1. The number of piperidine rings is 1. The second kappa shape index (κ2) is 5.87. The number of carbonyl (C=O) groups is 2. The third-order valence-electron chi connectivity index (χ3n) is 4.34. The van der Waals surface area contributed by atoms with Crippen LogP contribution in [0.3, 0.4) is 0 Å². The molecule has 0 aromatic heterocycles. The van der Waals surface area contributed by atoms with E-state index in [-0.39, 0.29) is 18.0 Å². The molecule has 1 saturated heterocycles. The number of hydrogen-bond donors (Lipinski definition) is 0. The van der Waals surface area contributed by atoms with E-state index in [2.05, 4.69) is 0 Å². The van der Waals surface area contributed by atoms with Crippen LogP contribution in [0.1, 0.15) is 39.2 Å². The second-order valence-electron chi connectivity index (χ2n) is 7.27. The van der Waals surface area contributed by atoms with E-state index in [1.165, 1.54) is 0 Å². The van der Waals surface area contributed by atoms with Crippen molar-refractivity contribution in [3.05, 3.63) is 29.8 Å². The lowest BCUT2D eigenvalue weighted by Gasteiger charge is -2.37. The van der Waals surface area contributed by atoms with Gasteiger partial charge in [0.2, 0.25) is 5.91 Å². The Hall–Kier alpha value is -2.04. The van der Waals surface area contributed by atoms with Crippen molar-refractivity contribution in [1.82, 2.24) is 4.90 Å². The lowest BCUT2D eigenvalue weighted by Crippen LogP contribution is -2.49. The highest BCUT2D eigenvalue weighted by atomic mass is 16.6. The van der Waals surface area contributed by atoms with Crippen LogP contribution in [-0.2, 0) is 16.0 Å². The summed E-state index contributed by atoms with van der Waals surface area (Å²) in [5.74, 6) is 0.168. The van der Waals surface area contributed by atoms with Crippen molar-refractivity contribution in [2.45, 2.75) is 51.7 Å². The Balaban J connectivity index is 1.64. The molecule has 0 aliphatic carbocycles. The number of carbonyl (C=O) groups excluding carboxylic acids is 2. The second-order valence-corrected chi connectivity index (χ2v) is 7.27. The molecule has 124 valence electrons. The summed E-state index contributed by atoms with van der Waals surface area (Å²) in [6.45, 7) is 6.88. The Morgan fingerprint density at radius 1 is 1.17 bits per heavy atom. The zero-order valence-electron chi connectivity index (χ0n) is 14.0. The molecule has 2 aliphatic heterocycles. The molecular weight excluding hydrogens is 292 g/mol. The topological polar surface area (TPSA) is 49.9 Å². The number of hydrogen-bond acceptors (Lipinski definition) is 3. The van der Waals surface area contributed by atoms with Crippen LogP contribution in [0.5, 0.6) is 0 Å². The maximum atomic E-state index is 12.4. The van der Waals surface area contributed by atoms with Gasteiger partial charge in [-0.15, -0.1) is 0 Å². The smallest absolute Gasteiger partial charge is 0.410 e. The molecule has 2 heterocycles. The number of anilines is 1. The third-order valence-corrected chi connectivity index (χ3v) is 4.34. The molecule has 0 N–H and O–H groups in total. The molecule has 1 fully saturated rings. The van der Waals surface area contributed by atoms with Crippen LogP contribution >= 0.6 is 0 Å². The fourth-order valence-electron chi connectivity index (χ4n) is 3.31. The lowest BCUT2D eigenvalue weighted by molar-refractivity contribution is -0.118. The average molecular weight is 316 g/mol. The predicted molar refractivity (Wildman–Crippen MR) is 88.5 cm³/mol. The van der Waals surface area contributed by atoms with E-state index >= 15 is 0 Å². The van der Waals surface area contributed by atoms with Crippen molar-refractivity contribution in [2.24, 2.45) is 0 Å². The van der Waals surface area contributed by atoms with E-state index in [4.69, 9.17) is 4.74 Å². The number of amides is 2. The van der Waals surface area contributed by atoms with E-state index in [9.17, 15) is 9.59 Å². The Kier molecular flexibility index (Phi) is 4.04. The number of benzene rings is 1. The minimum absolute atomic E-state index is 0.168. The number of nitrogens with zero attached hydrogens (tertiary/aromatic N) is 2. The van der Waals surface area contributed by atoms with E-state index in [1.54, 1.807) is 4.90 Å². The molecule has 0 saturated carbocycles. The Morgan fingerprint density at radius 3 is 2.48 bits per heavy atom. The molecule has 2 amide bonds. The van der Waals surface area contributed by atoms with Crippen LogP contribution in [0.15, 0.2) is 24.3 Å². The van der Waals surface area contributed by atoms with Crippen molar-refractivity contribution >= 4 is 17.7 Å². The molecule has 0 spiro atoms. The van der Waals surface area contributed by atoms with Gasteiger partial charge in [0.05, 0.1) is 6.42 Å². The SMILES string of the molecule is CC(C)(C)OC(=O)N1CCC(N2C(=O)Cc3ccccc32)CC1. The number of likely N-dealkylation sites (tertiary alicyclic amines) is 1. The Labute approximate surface area is 137 Å². The third kappa shape index (κ3) is 3.33. The predicted octanol–water partition coefficient (Wildman–Crippen LogP) is 2.98. The lowest BCUT2D eigenvalue weighted by atomic mass is 10.0. The maximum Gasteiger partial charge on any atom is 0.410 e. The van der Waals surface area contributed by atoms with Gasteiger partial charge >= 0.3 is 6.09 Å².